The van der Waals surface area contributed by atoms with Crippen LogP contribution in [-0.2, 0) is 10.0 Å². The van der Waals surface area contributed by atoms with Crippen molar-refractivity contribution in [1.29, 1.82) is 0 Å². The van der Waals surface area contributed by atoms with Gasteiger partial charge in [-0.15, -0.1) is 0 Å². The fraction of sp³-hybridized carbons (Fsp3) is 0.409. The zero-order chi connectivity index (χ0) is 21.6. The van der Waals surface area contributed by atoms with Crippen molar-refractivity contribution in [2.45, 2.75) is 31.6 Å². The van der Waals surface area contributed by atoms with Crippen LogP contribution in [0.1, 0.15) is 35.7 Å². The third-order valence-electron chi connectivity index (χ3n) is 4.92. The summed E-state index contributed by atoms with van der Waals surface area (Å²) in [6.07, 6.45) is 1.81. The molecule has 7 nitrogen and oxygen atoms in total. The number of carbonyl (C=O) groups is 1. The van der Waals surface area contributed by atoms with Crippen LogP contribution < -0.4 is 14.8 Å². The Labute approximate surface area is 178 Å². The van der Waals surface area contributed by atoms with E-state index in [4.69, 9.17) is 9.47 Å². The number of hydrogen-bond donors (Lipinski definition) is 1. The molecule has 1 fully saturated rings. The zero-order valence-electron chi connectivity index (χ0n) is 17.4. The highest BCUT2D eigenvalue weighted by Gasteiger charge is 2.26. The van der Waals surface area contributed by atoms with Crippen LogP contribution in [-0.4, -0.2) is 51.5 Å². The van der Waals surface area contributed by atoms with Crippen LogP contribution in [0.4, 0.5) is 0 Å². The highest BCUT2D eigenvalue weighted by atomic mass is 32.2. The number of ether oxygens (including phenoxy) is 2. The molecule has 30 heavy (non-hydrogen) atoms. The summed E-state index contributed by atoms with van der Waals surface area (Å²) in [6.45, 7) is 6.16. The van der Waals surface area contributed by atoms with Gasteiger partial charge in [0.2, 0.25) is 10.0 Å². The summed E-state index contributed by atoms with van der Waals surface area (Å²) in [5, 5.41) is 2.81. The number of nitrogens with one attached hydrogen (secondary N) is 1. The van der Waals surface area contributed by atoms with Crippen LogP contribution in [0, 0.1) is 6.92 Å². The van der Waals surface area contributed by atoms with Gasteiger partial charge in [0, 0.05) is 18.7 Å². The first-order valence-electron chi connectivity index (χ1n) is 10.2. The van der Waals surface area contributed by atoms with Gasteiger partial charge in [-0.25, -0.2) is 8.42 Å². The molecule has 0 atom stereocenters. The fourth-order valence-electron chi connectivity index (χ4n) is 3.33. The second kappa shape index (κ2) is 9.95. The van der Waals surface area contributed by atoms with Gasteiger partial charge in [0.25, 0.3) is 5.91 Å². The third kappa shape index (κ3) is 5.31. The normalized spacial score (nSPS) is 14.5. The summed E-state index contributed by atoms with van der Waals surface area (Å²) in [5.41, 5.74) is 1.47. The second-order valence-corrected chi connectivity index (χ2v) is 9.04. The number of rotatable bonds is 9. The molecular weight excluding hydrogens is 404 g/mol. The Bertz CT molecular complexity index is 968. The number of sulfonamides is 1. The summed E-state index contributed by atoms with van der Waals surface area (Å²) in [6, 6.07) is 11.7. The Morgan fingerprint density at radius 1 is 1.07 bits per heavy atom. The largest absolute Gasteiger partial charge is 0.494 e. The van der Waals surface area contributed by atoms with E-state index < -0.39 is 10.0 Å². The molecule has 2 aromatic rings. The van der Waals surface area contributed by atoms with E-state index in [0.29, 0.717) is 37.6 Å². The molecule has 3 rings (SSSR count). The number of hydrogen-bond acceptors (Lipinski definition) is 5. The summed E-state index contributed by atoms with van der Waals surface area (Å²) >= 11 is 0. The SMILES string of the molecule is CCOc1ccc(C(=O)NCCOc2ccc(S(=O)(=O)N3CCCC3)cc2)cc1C. The van der Waals surface area contributed by atoms with Crippen molar-refractivity contribution in [2.24, 2.45) is 0 Å². The molecule has 0 aromatic heterocycles. The van der Waals surface area contributed by atoms with Gasteiger partial charge in [0.15, 0.2) is 0 Å². The number of carbonyl (C=O) groups excluding carboxylic acids is 1. The third-order valence-corrected chi connectivity index (χ3v) is 6.83. The van der Waals surface area contributed by atoms with Crippen molar-refractivity contribution >= 4 is 15.9 Å². The minimum Gasteiger partial charge on any atom is -0.494 e. The molecule has 162 valence electrons. The van der Waals surface area contributed by atoms with Crippen LogP contribution in [0.15, 0.2) is 47.4 Å². The Kier molecular flexibility index (Phi) is 7.33. The van der Waals surface area contributed by atoms with E-state index in [9.17, 15) is 13.2 Å². The summed E-state index contributed by atoms with van der Waals surface area (Å²) < 4.78 is 37.7. The van der Waals surface area contributed by atoms with Crippen molar-refractivity contribution in [2.75, 3.05) is 32.8 Å². The Hall–Kier alpha value is -2.58. The van der Waals surface area contributed by atoms with Crippen molar-refractivity contribution < 1.29 is 22.7 Å². The van der Waals surface area contributed by atoms with Gasteiger partial charge in [-0.1, -0.05) is 0 Å². The molecule has 2 aromatic carbocycles. The highest BCUT2D eigenvalue weighted by molar-refractivity contribution is 7.89. The minimum absolute atomic E-state index is 0.184. The molecule has 1 heterocycles. The van der Waals surface area contributed by atoms with Gasteiger partial charge in [-0.05, 0) is 74.7 Å². The maximum absolute atomic E-state index is 12.5. The standard InChI is InChI=1S/C22H28N2O5S/c1-3-28-21-11-6-18(16-17(21)2)22(25)23-12-15-29-19-7-9-20(10-8-19)30(26,27)24-13-4-5-14-24/h6-11,16H,3-5,12-15H2,1-2H3,(H,23,25). The lowest BCUT2D eigenvalue weighted by Gasteiger charge is -2.15. The first kappa shape index (κ1) is 22.1. The maximum atomic E-state index is 12.5. The lowest BCUT2D eigenvalue weighted by atomic mass is 10.1. The zero-order valence-corrected chi connectivity index (χ0v) is 18.2. The maximum Gasteiger partial charge on any atom is 0.251 e. The van der Waals surface area contributed by atoms with Gasteiger partial charge < -0.3 is 14.8 Å². The fourth-order valence-corrected chi connectivity index (χ4v) is 4.85. The molecule has 1 aliphatic heterocycles. The van der Waals surface area contributed by atoms with Crippen LogP contribution in [0.3, 0.4) is 0 Å². The molecule has 0 radical (unpaired) electrons. The number of benzene rings is 2. The van der Waals surface area contributed by atoms with Crippen LogP contribution in [0.5, 0.6) is 11.5 Å². The van der Waals surface area contributed by atoms with Crippen LogP contribution >= 0.6 is 0 Å². The molecule has 0 unspecified atom stereocenters. The first-order chi connectivity index (χ1) is 14.4. The number of aryl methyl sites for hydroxylation is 1. The molecule has 0 bridgehead atoms. The van der Waals surface area contributed by atoms with Crippen molar-refractivity contribution in [3.8, 4) is 11.5 Å². The summed E-state index contributed by atoms with van der Waals surface area (Å²) in [7, 11) is -3.42. The van der Waals surface area contributed by atoms with E-state index in [1.165, 1.54) is 4.31 Å². The quantitative estimate of drug-likeness (QED) is 0.616. The summed E-state index contributed by atoms with van der Waals surface area (Å²) in [5.74, 6) is 1.14. The molecule has 0 aliphatic carbocycles. The van der Waals surface area contributed by atoms with E-state index in [-0.39, 0.29) is 17.4 Å². The smallest absolute Gasteiger partial charge is 0.251 e. The summed E-state index contributed by atoms with van der Waals surface area (Å²) in [4.78, 5) is 12.6. The topological polar surface area (TPSA) is 84.9 Å². The van der Waals surface area contributed by atoms with Crippen molar-refractivity contribution in [1.82, 2.24) is 9.62 Å². The van der Waals surface area contributed by atoms with Gasteiger partial charge in [-0.2, -0.15) is 4.31 Å². The van der Waals surface area contributed by atoms with Crippen LogP contribution in [0.2, 0.25) is 0 Å². The first-order valence-corrected chi connectivity index (χ1v) is 11.6. The van der Waals surface area contributed by atoms with E-state index in [1.54, 1.807) is 42.5 Å². The molecule has 0 saturated carbocycles. The second-order valence-electron chi connectivity index (χ2n) is 7.10. The average Bonchev–Trinajstić information content (AvgIpc) is 3.29. The molecule has 1 N–H and O–H groups in total. The number of nitrogens with zero attached hydrogens (tertiary/aromatic N) is 1. The van der Waals surface area contributed by atoms with Gasteiger partial charge in [0.05, 0.1) is 18.0 Å². The highest BCUT2D eigenvalue weighted by Crippen LogP contribution is 2.23. The molecule has 1 aliphatic rings. The average molecular weight is 433 g/mol. The number of amides is 1. The van der Waals surface area contributed by atoms with Crippen molar-refractivity contribution in [3.05, 3.63) is 53.6 Å². The molecule has 1 amide bonds. The van der Waals surface area contributed by atoms with Crippen LogP contribution in [0.25, 0.3) is 0 Å². The Morgan fingerprint density at radius 3 is 2.40 bits per heavy atom. The monoisotopic (exact) mass is 432 g/mol. The van der Waals surface area contributed by atoms with E-state index in [2.05, 4.69) is 5.32 Å². The predicted molar refractivity (Wildman–Crippen MR) is 115 cm³/mol. The van der Waals surface area contributed by atoms with Crippen molar-refractivity contribution in [3.63, 3.8) is 0 Å². The molecule has 1 saturated heterocycles. The molecular formula is C22H28N2O5S. The van der Waals surface area contributed by atoms with E-state index in [1.807, 2.05) is 13.8 Å². The predicted octanol–water partition coefficient (Wildman–Crippen LogP) is 2.99. The van der Waals surface area contributed by atoms with Gasteiger partial charge >= 0.3 is 0 Å². The lowest BCUT2D eigenvalue weighted by molar-refractivity contribution is 0.0947. The Morgan fingerprint density at radius 2 is 1.77 bits per heavy atom. The molecule has 8 heteroatoms. The van der Waals surface area contributed by atoms with Gasteiger partial charge in [-0.3, -0.25) is 4.79 Å². The minimum atomic E-state index is -3.42. The lowest BCUT2D eigenvalue weighted by Crippen LogP contribution is -2.28. The molecule has 0 spiro atoms. The van der Waals surface area contributed by atoms with E-state index in [0.717, 1.165) is 24.2 Å². The van der Waals surface area contributed by atoms with Gasteiger partial charge in [0.1, 0.15) is 18.1 Å². The Balaban J connectivity index is 1.47. The van der Waals surface area contributed by atoms with E-state index >= 15 is 0 Å².